The second kappa shape index (κ2) is 5.77. The number of benzene rings is 2. The van der Waals surface area contributed by atoms with Crippen molar-refractivity contribution in [3.8, 4) is 5.75 Å². The van der Waals surface area contributed by atoms with Crippen LogP contribution in [0.4, 0.5) is 0 Å². The summed E-state index contributed by atoms with van der Waals surface area (Å²) < 4.78 is 5.38. The lowest BCUT2D eigenvalue weighted by molar-refractivity contribution is 0.409. The Hall–Kier alpha value is -2.01. The molecule has 0 amide bonds. The van der Waals surface area contributed by atoms with Gasteiger partial charge < -0.3 is 14.7 Å². The minimum Gasteiger partial charge on any atom is -0.496 e. The molecule has 0 bridgehead atoms. The maximum Gasteiger partial charge on any atom is 0.323 e. The smallest absolute Gasteiger partial charge is 0.323 e. The highest BCUT2D eigenvalue weighted by Crippen LogP contribution is 2.31. The fraction of sp³-hybridized carbons (Fsp3) is 0.188. The second-order valence-electron chi connectivity index (χ2n) is 4.87. The van der Waals surface area contributed by atoms with Crippen molar-refractivity contribution in [3.63, 3.8) is 0 Å². The lowest BCUT2D eigenvalue weighted by atomic mass is 10.0. The van der Waals surface area contributed by atoms with Gasteiger partial charge in [-0.25, -0.2) is 4.79 Å². The molecule has 1 atom stereocenters. The number of para-hydroxylation sites is 1. The van der Waals surface area contributed by atoms with E-state index in [1.807, 2.05) is 36.4 Å². The van der Waals surface area contributed by atoms with Gasteiger partial charge in [0.2, 0.25) is 0 Å². The molecule has 4 nitrogen and oxygen atoms in total. The molecule has 0 spiro atoms. The molecule has 3 aromatic rings. The zero-order valence-corrected chi connectivity index (χ0v) is 13.1. The summed E-state index contributed by atoms with van der Waals surface area (Å²) in [4.78, 5) is 17.0. The van der Waals surface area contributed by atoms with E-state index in [1.54, 1.807) is 7.11 Å². The zero-order valence-electron chi connectivity index (χ0n) is 11.5. The Morgan fingerprint density at radius 3 is 2.71 bits per heavy atom. The molecule has 2 aromatic carbocycles. The third-order valence-electron chi connectivity index (χ3n) is 3.49. The van der Waals surface area contributed by atoms with Gasteiger partial charge in [-0.3, -0.25) is 0 Å². The molecule has 0 saturated carbocycles. The van der Waals surface area contributed by atoms with E-state index in [9.17, 15) is 4.79 Å². The Morgan fingerprint density at radius 1 is 1.14 bits per heavy atom. The van der Waals surface area contributed by atoms with Crippen molar-refractivity contribution in [2.75, 3.05) is 7.11 Å². The van der Waals surface area contributed by atoms with E-state index in [4.69, 9.17) is 4.74 Å². The minimum absolute atomic E-state index is 0.150. The van der Waals surface area contributed by atoms with Crippen LogP contribution >= 0.6 is 15.9 Å². The number of nitrogens with one attached hydrogen (secondary N) is 2. The summed E-state index contributed by atoms with van der Waals surface area (Å²) in [7, 11) is 1.68. The number of H-pyrrole nitrogens is 2. The fourth-order valence-corrected chi connectivity index (χ4v) is 3.06. The summed E-state index contributed by atoms with van der Waals surface area (Å²) in [5, 5.41) is 0. The molecule has 1 heterocycles. The van der Waals surface area contributed by atoms with Gasteiger partial charge in [0.05, 0.1) is 18.1 Å². The van der Waals surface area contributed by atoms with Crippen molar-refractivity contribution in [2.45, 2.75) is 11.2 Å². The van der Waals surface area contributed by atoms with Crippen LogP contribution in [0.15, 0.2) is 47.3 Å². The fourth-order valence-electron chi connectivity index (χ4n) is 2.43. The van der Waals surface area contributed by atoms with Crippen molar-refractivity contribution in [3.05, 3.63) is 64.1 Å². The van der Waals surface area contributed by atoms with E-state index in [0.29, 0.717) is 0 Å². The van der Waals surface area contributed by atoms with Gasteiger partial charge in [-0.2, -0.15) is 0 Å². The highest BCUT2D eigenvalue weighted by molar-refractivity contribution is 9.09. The number of aromatic nitrogens is 2. The van der Waals surface area contributed by atoms with Gasteiger partial charge in [-0.05, 0) is 35.7 Å². The molecular weight excluding hydrogens is 332 g/mol. The van der Waals surface area contributed by atoms with E-state index < -0.39 is 0 Å². The van der Waals surface area contributed by atoms with E-state index in [2.05, 4.69) is 32.0 Å². The molecule has 1 aromatic heterocycles. The van der Waals surface area contributed by atoms with Crippen molar-refractivity contribution >= 4 is 27.0 Å². The molecule has 0 saturated heterocycles. The number of methoxy groups -OCH3 is 1. The van der Waals surface area contributed by atoms with Crippen molar-refractivity contribution in [1.29, 1.82) is 0 Å². The molecule has 5 heteroatoms. The van der Waals surface area contributed by atoms with Gasteiger partial charge in [0.25, 0.3) is 0 Å². The van der Waals surface area contributed by atoms with Crippen molar-refractivity contribution in [2.24, 2.45) is 0 Å². The molecule has 108 valence electrons. The Labute approximate surface area is 130 Å². The van der Waals surface area contributed by atoms with E-state index in [1.165, 1.54) is 0 Å². The third-order valence-corrected chi connectivity index (χ3v) is 4.35. The summed E-state index contributed by atoms with van der Waals surface area (Å²) in [6.07, 6.45) is 0.810. The van der Waals surface area contributed by atoms with Crippen LogP contribution in [0.2, 0.25) is 0 Å². The highest BCUT2D eigenvalue weighted by Gasteiger charge is 2.12. The topological polar surface area (TPSA) is 57.9 Å². The molecule has 0 aliphatic carbocycles. The lowest BCUT2D eigenvalue weighted by Crippen LogP contribution is -1.99. The van der Waals surface area contributed by atoms with Crippen molar-refractivity contribution < 1.29 is 4.74 Å². The van der Waals surface area contributed by atoms with Gasteiger partial charge in [-0.1, -0.05) is 40.2 Å². The number of imidazole rings is 1. The molecule has 0 aliphatic heterocycles. The first kappa shape index (κ1) is 13.9. The predicted octanol–water partition coefficient (Wildman–Crippen LogP) is 3.54. The summed E-state index contributed by atoms with van der Waals surface area (Å²) in [6.45, 7) is 0. The number of ether oxygens (including phenoxy) is 1. The van der Waals surface area contributed by atoms with E-state index in [0.717, 1.165) is 34.3 Å². The standard InChI is InChI=1S/C16H15BrN2O2/c1-21-15-5-3-2-4-11(15)8-12(17)10-6-7-13-14(9-10)19-16(20)18-13/h2-7,9,12H,8H2,1H3,(H2,18,19,20). The predicted molar refractivity (Wildman–Crippen MR) is 87.3 cm³/mol. The Bertz CT molecular complexity index is 822. The number of halogens is 1. The van der Waals surface area contributed by atoms with Crippen LogP contribution in [0.5, 0.6) is 5.75 Å². The Kier molecular flexibility index (Phi) is 3.84. The van der Waals surface area contributed by atoms with Gasteiger partial charge in [0, 0.05) is 4.83 Å². The summed E-state index contributed by atoms with van der Waals surface area (Å²) >= 11 is 3.72. The van der Waals surface area contributed by atoms with Crippen LogP contribution in [0.3, 0.4) is 0 Å². The Balaban J connectivity index is 1.89. The van der Waals surface area contributed by atoms with Crippen LogP contribution in [-0.4, -0.2) is 17.1 Å². The molecule has 0 radical (unpaired) electrons. The molecule has 1 unspecified atom stereocenters. The van der Waals surface area contributed by atoms with Gasteiger partial charge >= 0.3 is 5.69 Å². The normalized spacial score (nSPS) is 12.5. The number of hydrogen-bond acceptors (Lipinski definition) is 2. The maximum absolute atomic E-state index is 11.3. The first-order valence-corrected chi connectivity index (χ1v) is 7.57. The average molecular weight is 347 g/mol. The van der Waals surface area contributed by atoms with Gasteiger partial charge in [0.15, 0.2) is 0 Å². The van der Waals surface area contributed by atoms with Gasteiger partial charge in [0.1, 0.15) is 5.75 Å². The summed E-state index contributed by atoms with van der Waals surface area (Å²) in [5.74, 6) is 0.887. The second-order valence-corrected chi connectivity index (χ2v) is 5.97. The number of rotatable bonds is 4. The highest BCUT2D eigenvalue weighted by atomic mass is 79.9. The van der Waals surface area contributed by atoms with Crippen LogP contribution < -0.4 is 10.4 Å². The van der Waals surface area contributed by atoms with Crippen LogP contribution in [0.1, 0.15) is 16.0 Å². The minimum atomic E-state index is -0.182. The number of alkyl halides is 1. The van der Waals surface area contributed by atoms with Crippen molar-refractivity contribution in [1.82, 2.24) is 9.97 Å². The molecule has 2 N–H and O–H groups in total. The zero-order chi connectivity index (χ0) is 14.8. The molecule has 21 heavy (non-hydrogen) atoms. The SMILES string of the molecule is COc1ccccc1CC(Br)c1ccc2[nH]c(=O)[nH]c2c1. The number of hydrogen-bond donors (Lipinski definition) is 2. The van der Waals surface area contributed by atoms with Gasteiger partial charge in [-0.15, -0.1) is 0 Å². The summed E-state index contributed by atoms with van der Waals surface area (Å²) in [6, 6.07) is 13.9. The Morgan fingerprint density at radius 2 is 1.90 bits per heavy atom. The quantitative estimate of drug-likeness (QED) is 0.709. The van der Waals surface area contributed by atoms with E-state index in [-0.39, 0.29) is 10.5 Å². The monoisotopic (exact) mass is 346 g/mol. The van der Waals surface area contributed by atoms with Crippen LogP contribution in [0, 0.1) is 0 Å². The molecule has 0 fully saturated rings. The van der Waals surface area contributed by atoms with Crippen LogP contribution in [0.25, 0.3) is 11.0 Å². The molecule has 3 rings (SSSR count). The average Bonchev–Trinajstić information content (AvgIpc) is 2.86. The molecular formula is C16H15BrN2O2. The molecule has 0 aliphatic rings. The lowest BCUT2D eigenvalue weighted by Gasteiger charge is -2.13. The van der Waals surface area contributed by atoms with E-state index >= 15 is 0 Å². The van der Waals surface area contributed by atoms with Crippen LogP contribution in [-0.2, 0) is 6.42 Å². The maximum atomic E-state index is 11.3. The first-order chi connectivity index (χ1) is 10.2. The first-order valence-electron chi connectivity index (χ1n) is 6.65. The third kappa shape index (κ3) is 2.88. The number of fused-ring (bicyclic) bond motifs is 1. The number of aromatic amines is 2. The summed E-state index contributed by atoms with van der Waals surface area (Å²) in [5.41, 5.74) is 3.72. The largest absolute Gasteiger partial charge is 0.496 e.